The van der Waals surface area contributed by atoms with Crippen LogP contribution in [-0.2, 0) is 15.1 Å². The first-order chi connectivity index (χ1) is 10.5. The van der Waals surface area contributed by atoms with Gasteiger partial charge < -0.3 is 5.32 Å². The van der Waals surface area contributed by atoms with Crippen molar-refractivity contribution in [3.05, 3.63) is 35.9 Å². The Kier molecular flexibility index (Phi) is 3.39. The lowest BCUT2D eigenvalue weighted by atomic mass is 9.87. The van der Waals surface area contributed by atoms with Crippen molar-refractivity contribution in [2.24, 2.45) is 11.8 Å². The van der Waals surface area contributed by atoms with E-state index >= 15 is 0 Å². The van der Waals surface area contributed by atoms with Crippen molar-refractivity contribution in [2.75, 3.05) is 0 Å². The zero-order valence-corrected chi connectivity index (χ0v) is 12.6. The molecule has 1 saturated heterocycles. The van der Waals surface area contributed by atoms with Crippen LogP contribution in [0, 0.1) is 11.8 Å². The molecule has 1 saturated carbocycles. The number of nitrogens with zero attached hydrogens (tertiary/aromatic N) is 1. The number of hydrogen-bond donors (Lipinski definition) is 2. The van der Waals surface area contributed by atoms with Crippen molar-refractivity contribution in [1.82, 2.24) is 15.8 Å². The third kappa shape index (κ3) is 2.15. The molecule has 6 heteroatoms. The Balaban J connectivity index is 1.85. The zero-order chi connectivity index (χ0) is 15.9. The van der Waals surface area contributed by atoms with Crippen LogP contribution in [0.5, 0.6) is 0 Å². The van der Waals surface area contributed by atoms with E-state index in [1.165, 1.54) is 0 Å². The molecular formula is C16H19N3O3. The molecule has 4 amide bonds. The van der Waals surface area contributed by atoms with Gasteiger partial charge in [0, 0.05) is 5.92 Å². The van der Waals surface area contributed by atoms with Gasteiger partial charge in [-0.05, 0) is 24.3 Å². The van der Waals surface area contributed by atoms with Gasteiger partial charge in [-0.25, -0.2) is 4.79 Å². The van der Waals surface area contributed by atoms with Crippen LogP contribution in [0.3, 0.4) is 0 Å². The molecule has 1 heterocycles. The van der Waals surface area contributed by atoms with Gasteiger partial charge in [0.15, 0.2) is 0 Å². The highest BCUT2D eigenvalue weighted by Gasteiger charge is 2.53. The molecule has 3 atom stereocenters. The Morgan fingerprint density at radius 2 is 2.00 bits per heavy atom. The maximum atomic E-state index is 12.8. The molecule has 6 nitrogen and oxygen atoms in total. The molecule has 2 fully saturated rings. The minimum atomic E-state index is -1.11. The smallest absolute Gasteiger partial charge is 0.318 e. The van der Waals surface area contributed by atoms with E-state index in [2.05, 4.69) is 10.7 Å². The fourth-order valence-corrected chi connectivity index (χ4v) is 2.92. The maximum Gasteiger partial charge on any atom is 0.344 e. The predicted octanol–water partition coefficient (Wildman–Crippen LogP) is 1.53. The molecule has 0 radical (unpaired) electrons. The number of urea groups is 1. The highest BCUT2D eigenvalue weighted by atomic mass is 16.2. The second-order valence-corrected chi connectivity index (χ2v) is 5.99. The first-order valence-corrected chi connectivity index (χ1v) is 7.52. The van der Waals surface area contributed by atoms with E-state index in [9.17, 15) is 14.4 Å². The van der Waals surface area contributed by atoms with Gasteiger partial charge in [-0.3, -0.25) is 15.0 Å². The number of carbonyl (C=O) groups is 3. The third-order valence-corrected chi connectivity index (χ3v) is 4.56. The lowest BCUT2D eigenvalue weighted by Crippen LogP contribution is -2.49. The average molecular weight is 301 g/mol. The SMILES string of the molecule is CC[C@]1(c2ccccc2)NC(=O)N(NC(=O)[C@H]2C[C@H]2C)C1=O. The summed E-state index contributed by atoms with van der Waals surface area (Å²) in [5, 5.41) is 3.56. The minimum absolute atomic E-state index is 0.103. The number of hydrazine groups is 1. The predicted molar refractivity (Wildman–Crippen MR) is 79.2 cm³/mol. The van der Waals surface area contributed by atoms with Crippen LogP contribution >= 0.6 is 0 Å². The highest BCUT2D eigenvalue weighted by molar-refractivity contribution is 6.08. The number of amides is 4. The van der Waals surface area contributed by atoms with E-state index in [1.807, 2.05) is 32.0 Å². The summed E-state index contributed by atoms with van der Waals surface area (Å²) in [5.41, 5.74) is 2.07. The third-order valence-electron chi connectivity index (χ3n) is 4.56. The lowest BCUT2D eigenvalue weighted by Gasteiger charge is -2.25. The van der Waals surface area contributed by atoms with Gasteiger partial charge in [0.25, 0.3) is 5.91 Å². The van der Waals surface area contributed by atoms with Crippen molar-refractivity contribution in [3.8, 4) is 0 Å². The normalized spacial score (nSPS) is 30.2. The molecule has 2 N–H and O–H groups in total. The van der Waals surface area contributed by atoms with Crippen molar-refractivity contribution in [3.63, 3.8) is 0 Å². The monoisotopic (exact) mass is 301 g/mol. The number of hydrogen-bond acceptors (Lipinski definition) is 3. The second kappa shape index (κ2) is 5.12. The Hall–Kier alpha value is -2.37. The second-order valence-electron chi connectivity index (χ2n) is 5.99. The van der Waals surface area contributed by atoms with E-state index in [-0.39, 0.29) is 11.8 Å². The lowest BCUT2D eigenvalue weighted by molar-refractivity contribution is -0.140. The molecule has 1 aliphatic carbocycles. The molecule has 0 bridgehead atoms. The summed E-state index contributed by atoms with van der Waals surface area (Å²) in [4.78, 5) is 36.9. The molecule has 3 rings (SSSR count). The number of nitrogens with one attached hydrogen (secondary N) is 2. The summed E-state index contributed by atoms with van der Waals surface area (Å²) in [6.45, 7) is 3.80. The van der Waals surface area contributed by atoms with Gasteiger partial charge in [-0.15, -0.1) is 0 Å². The van der Waals surface area contributed by atoms with Gasteiger partial charge in [0.1, 0.15) is 5.54 Å². The van der Waals surface area contributed by atoms with E-state index in [0.717, 1.165) is 11.4 Å². The molecule has 22 heavy (non-hydrogen) atoms. The summed E-state index contributed by atoms with van der Waals surface area (Å²) >= 11 is 0. The molecule has 2 aliphatic rings. The van der Waals surface area contributed by atoms with Crippen LogP contribution in [0.25, 0.3) is 0 Å². The van der Waals surface area contributed by atoms with Crippen LogP contribution < -0.4 is 10.7 Å². The van der Waals surface area contributed by atoms with E-state index in [4.69, 9.17) is 0 Å². The van der Waals surface area contributed by atoms with Gasteiger partial charge in [-0.2, -0.15) is 5.01 Å². The Bertz CT molecular complexity index is 631. The topological polar surface area (TPSA) is 78.5 Å². The van der Waals surface area contributed by atoms with Crippen LogP contribution in [0.2, 0.25) is 0 Å². The van der Waals surface area contributed by atoms with E-state index in [1.54, 1.807) is 12.1 Å². The fourth-order valence-electron chi connectivity index (χ4n) is 2.92. The van der Waals surface area contributed by atoms with Crippen molar-refractivity contribution >= 4 is 17.8 Å². The van der Waals surface area contributed by atoms with Crippen LogP contribution in [0.1, 0.15) is 32.3 Å². The van der Waals surface area contributed by atoms with Gasteiger partial charge in [0.05, 0.1) is 0 Å². The van der Waals surface area contributed by atoms with Crippen molar-refractivity contribution in [2.45, 2.75) is 32.2 Å². The Labute approximate surface area is 128 Å². The van der Waals surface area contributed by atoms with Gasteiger partial charge in [0.2, 0.25) is 5.91 Å². The van der Waals surface area contributed by atoms with Crippen LogP contribution in [0.4, 0.5) is 4.79 Å². The summed E-state index contributed by atoms with van der Waals surface area (Å²) in [6, 6.07) is 8.50. The molecular weight excluding hydrogens is 282 g/mol. The largest absolute Gasteiger partial charge is 0.344 e. The maximum absolute atomic E-state index is 12.8. The number of benzene rings is 1. The van der Waals surface area contributed by atoms with Crippen LogP contribution in [-0.4, -0.2) is 22.9 Å². The summed E-state index contributed by atoms with van der Waals surface area (Å²) in [6.07, 6.45) is 1.21. The molecule has 116 valence electrons. The summed E-state index contributed by atoms with van der Waals surface area (Å²) < 4.78 is 0. The molecule has 0 spiro atoms. The summed E-state index contributed by atoms with van der Waals surface area (Å²) in [7, 11) is 0. The number of rotatable bonds is 4. The van der Waals surface area contributed by atoms with Gasteiger partial charge >= 0.3 is 6.03 Å². The first kappa shape index (κ1) is 14.6. The standard InChI is InChI=1S/C16H19N3O3/c1-3-16(11-7-5-4-6-8-11)14(21)19(15(22)17-16)18-13(20)12-9-10(12)2/h4-8,10,12H,3,9H2,1-2H3,(H,17,22)(H,18,20)/t10-,12+,16-/m1/s1. The quantitative estimate of drug-likeness (QED) is 0.828. The van der Waals surface area contributed by atoms with E-state index in [0.29, 0.717) is 17.9 Å². The molecule has 1 aromatic carbocycles. The van der Waals surface area contributed by atoms with Gasteiger partial charge in [-0.1, -0.05) is 44.2 Å². The Morgan fingerprint density at radius 1 is 1.36 bits per heavy atom. The van der Waals surface area contributed by atoms with E-state index < -0.39 is 17.5 Å². The minimum Gasteiger partial charge on any atom is -0.318 e. The fraction of sp³-hybridized carbons (Fsp3) is 0.438. The zero-order valence-electron chi connectivity index (χ0n) is 12.6. The van der Waals surface area contributed by atoms with Crippen LogP contribution in [0.15, 0.2) is 30.3 Å². The molecule has 1 aliphatic heterocycles. The number of carbonyl (C=O) groups excluding carboxylic acids is 3. The Morgan fingerprint density at radius 3 is 2.55 bits per heavy atom. The summed E-state index contributed by atoms with van der Waals surface area (Å²) in [5.74, 6) is -0.497. The average Bonchev–Trinajstić information content (AvgIpc) is 3.21. The molecule has 0 unspecified atom stereocenters. The first-order valence-electron chi connectivity index (χ1n) is 7.52. The molecule has 0 aromatic heterocycles. The van der Waals surface area contributed by atoms with Crippen molar-refractivity contribution < 1.29 is 14.4 Å². The highest BCUT2D eigenvalue weighted by Crippen LogP contribution is 2.38. The number of imide groups is 1. The molecule has 1 aromatic rings. The van der Waals surface area contributed by atoms with Crippen molar-refractivity contribution in [1.29, 1.82) is 0 Å².